The van der Waals surface area contributed by atoms with E-state index < -0.39 is 15.6 Å². The zero-order valence-electron chi connectivity index (χ0n) is 18.4. The van der Waals surface area contributed by atoms with E-state index in [0.29, 0.717) is 12.1 Å². The number of hydrogen-bond acceptors (Lipinski definition) is 4. The van der Waals surface area contributed by atoms with Gasteiger partial charge in [0.25, 0.3) is 0 Å². The average molecular weight is 431 g/mol. The third-order valence-electron chi connectivity index (χ3n) is 5.49. The minimum atomic E-state index is -3.64. The smallest absolute Gasteiger partial charge is 0.241 e. The lowest BCUT2D eigenvalue weighted by molar-refractivity contribution is -0.120. The molecule has 162 valence electrons. The van der Waals surface area contributed by atoms with E-state index >= 15 is 0 Å². The molecule has 1 atom stereocenters. The van der Waals surface area contributed by atoms with Gasteiger partial charge in [-0.1, -0.05) is 29.8 Å². The van der Waals surface area contributed by atoms with Crippen molar-refractivity contribution in [3.63, 3.8) is 0 Å². The Labute approximate surface area is 179 Å². The number of carbonyl (C=O) groups is 1. The molecule has 1 amide bonds. The zero-order valence-corrected chi connectivity index (χ0v) is 19.3. The lowest BCUT2D eigenvalue weighted by atomic mass is 9.89. The van der Waals surface area contributed by atoms with Gasteiger partial charge < -0.3 is 10.1 Å². The quantitative estimate of drug-likeness (QED) is 0.783. The fraction of sp³-hybridized carbons (Fsp3) is 0.435. The maximum atomic E-state index is 13.0. The molecule has 3 rings (SSSR count). The molecule has 0 spiro atoms. The number of aryl methyl sites for hydroxylation is 2. The molecule has 0 radical (unpaired) electrons. The van der Waals surface area contributed by atoms with Gasteiger partial charge in [-0.2, -0.15) is 0 Å². The Kier molecular flexibility index (Phi) is 5.87. The number of sulfonamides is 1. The van der Waals surface area contributed by atoms with E-state index in [1.807, 2.05) is 58.9 Å². The van der Waals surface area contributed by atoms with Crippen molar-refractivity contribution in [3.05, 3.63) is 58.7 Å². The summed E-state index contributed by atoms with van der Waals surface area (Å²) in [5.41, 5.74) is 3.88. The summed E-state index contributed by atoms with van der Waals surface area (Å²) in [6, 6.07) is 11.1. The Morgan fingerprint density at radius 1 is 1.20 bits per heavy atom. The highest BCUT2D eigenvalue weighted by atomic mass is 32.2. The van der Waals surface area contributed by atoms with Gasteiger partial charge in [-0.05, 0) is 57.9 Å². The topological polar surface area (TPSA) is 75.7 Å². The largest absolute Gasteiger partial charge is 0.487 e. The Morgan fingerprint density at radius 2 is 1.90 bits per heavy atom. The second kappa shape index (κ2) is 7.95. The predicted molar refractivity (Wildman–Crippen MR) is 119 cm³/mol. The molecule has 1 heterocycles. The number of rotatable bonds is 5. The summed E-state index contributed by atoms with van der Waals surface area (Å²) in [6.07, 6.45) is 1.72. The summed E-state index contributed by atoms with van der Waals surface area (Å²) in [5.74, 6) is 0.396. The zero-order chi connectivity index (χ0) is 22.3. The molecule has 0 saturated carbocycles. The van der Waals surface area contributed by atoms with Gasteiger partial charge in [-0.25, -0.2) is 8.42 Å². The third-order valence-corrected chi connectivity index (χ3v) is 6.62. The van der Waals surface area contributed by atoms with Crippen molar-refractivity contribution in [2.24, 2.45) is 0 Å². The van der Waals surface area contributed by atoms with Crippen LogP contribution in [0.2, 0.25) is 0 Å². The van der Waals surface area contributed by atoms with Crippen molar-refractivity contribution in [3.8, 4) is 5.75 Å². The van der Waals surface area contributed by atoms with Crippen LogP contribution in [0.15, 0.2) is 36.4 Å². The highest BCUT2D eigenvalue weighted by Crippen LogP contribution is 2.39. The van der Waals surface area contributed by atoms with E-state index in [1.165, 1.54) is 4.31 Å². The molecule has 1 aliphatic heterocycles. The Morgan fingerprint density at radius 3 is 2.57 bits per heavy atom. The standard InChI is InChI=1S/C23H30N2O4S/c1-15-10-11-21-18(12-15)19(13-23(4,5)29-21)24-22(26)14-25(30(6,27)28)20-9-7-8-16(2)17(20)3/h7-12,19H,13-14H2,1-6H3,(H,24,26)/t19-/m0/s1. The van der Waals surface area contributed by atoms with E-state index in [2.05, 4.69) is 5.32 Å². The van der Waals surface area contributed by atoms with Crippen molar-refractivity contribution < 1.29 is 17.9 Å². The van der Waals surface area contributed by atoms with Crippen LogP contribution >= 0.6 is 0 Å². The van der Waals surface area contributed by atoms with Gasteiger partial charge in [0.05, 0.1) is 18.0 Å². The minimum absolute atomic E-state index is 0.254. The molecule has 6 nitrogen and oxygen atoms in total. The normalized spacial score (nSPS) is 17.6. The molecule has 30 heavy (non-hydrogen) atoms. The van der Waals surface area contributed by atoms with Crippen molar-refractivity contribution in [2.45, 2.75) is 52.7 Å². The van der Waals surface area contributed by atoms with E-state index in [9.17, 15) is 13.2 Å². The number of nitrogens with one attached hydrogen (secondary N) is 1. The number of carbonyl (C=O) groups excluding carboxylic acids is 1. The monoisotopic (exact) mass is 430 g/mol. The average Bonchev–Trinajstić information content (AvgIpc) is 2.61. The van der Waals surface area contributed by atoms with Crippen molar-refractivity contribution in [1.82, 2.24) is 5.32 Å². The Balaban J connectivity index is 1.88. The molecule has 0 unspecified atom stereocenters. The molecular formula is C23H30N2O4S. The highest BCUT2D eigenvalue weighted by molar-refractivity contribution is 7.92. The lowest BCUT2D eigenvalue weighted by Crippen LogP contribution is -2.45. The number of benzene rings is 2. The van der Waals surface area contributed by atoms with Crippen LogP contribution in [0, 0.1) is 20.8 Å². The first kappa shape index (κ1) is 22.2. The lowest BCUT2D eigenvalue weighted by Gasteiger charge is -2.38. The van der Waals surface area contributed by atoms with Crippen LogP contribution < -0.4 is 14.4 Å². The molecule has 1 aliphatic rings. The van der Waals surface area contributed by atoms with E-state index in [0.717, 1.165) is 34.3 Å². The first-order chi connectivity index (χ1) is 13.9. The van der Waals surface area contributed by atoms with Gasteiger partial charge in [0, 0.05) is 12.0 Å². The highest BCUT2D eigenvalue weighted by Gasteiger charge is 2.35. The first-order valence-electron chi connectivity index (χ1n) is 10.0. The van der Waals surface area contributed by atoms with Crippen molar-refractivity contribution in [1.29, 1.82) is 0 Å². The van der Waals surface area contributed by atoms with Gasteiger partial charge in [0.15, 0.2) is 0 Å². The molecular weight excluding hydrogens is 400 g/mol. The molecule has 2 aromatic carbocycles. The predicted octanol–water partition coefficient (Wildman–Crippen LogP) is 3.80. The van der Waals surface area contributed by atoms with Crippen LogP contribution in [0.3, 0.4) is 0 Å². The van der Waals surface area contributed by atoms with E-state index in [4.69, 9.17) is 4.74 Å². The minimum Gasteiger partial charge on any atom is -0.487 e. The van der Waals surface area contributed by atoms with Crippen molar-refractivity contribution in [2.75, 3.05) is 17.1 Å². The maximum Gasteiger partial charge on any atom is 0.241 e. The van der Waals surface area contributed by atoms with Crippen LogP contribution in [-0.2, 0) is 14.8 Å². The summed E-state index contributed by atoms with van der Waals surface area (Å²) in [5, 5.41) is 3.04. The van der Waals surface area contributed by atoms with Crippen LogP contribution in [0.25, 0.3) is 0 Å². The summed E-state index contributed by atoms with van der Waals surface area (Å²) >= 11 is 0. The molecule has 0 aliphatic carbocycles. The van der Waals surface area contributed by atoms with Gasteiger partial charge in [-0.15, -0.1) is 0 Å². The van der Waals surface area contributed by atoms with Crippen LogP contribution in [-0.4, -0.2) is 32.7 Å². The number of ether oxygens (including phenoxy) is 1. The Bertz CT molecular complexity index is 1080. The third kappa shape index (κ3) is 4.78. The summed E-state index contributed by atoms with van der Waals surface area (Å²) in [4.78, 5) is 13.0. The van der Waals surface area contributed by atoms with Crippen molar-refractivity contribution >= 4 is 21.6 Å². The fourth-order valence-corrected chi connectivity index (χ4v) is 4.77. The van der Waals surface area contributed by atoms with Gasteiger partial charge in [-0.3, -0.25) is 9.10 Å². The second-order valence-electron chi connectivity index (χ2n) is 8.72. The second-order valence-corrected chi connectivity index (χ2v) is 10.6. The molecule has 0 bridgehead atoms. The van der Waals surface area contributed by atoms with Gasteiger partial charge in [0.1, 0.15) is 17.9 Å². The van der Waals surface area contributed by atoms with Gasteiger partial charge >= 0.3 is 0 Å². The molecule has 0 aromatic heterocycles. The number of hydrogen-bond donors (Lipinski definition) is 1. The summed E-state index contributed by atoms with van der Waals surface area (Å²) in [7, 11) is -3.64. The molecule has 1 N–H and O–H groups in total. The van der Waals surface area contributed by atoms with Crippen LogP contribution in [0.1, 0.15) is 48.6 Å². The number of fused-ring (bicyclic) bond motifs is 1. The molecule has 7 heteroatoms. The maximum absolute atomic E-state index is 13.0. The number of amides is 1. The number of anilines is 1. The Hall–Kier alpha value is -2.54. The summed E-state index contributed by atoms with van der Waals surface area (Å²) < 4.78 is 32.2. The fourth-order valence-electron chi connectivity index (χ4n) is 3.86. The van der Waals surface area contributed by atoms with Crippen LogP contribution in [0.4, 0.5) is 5.69 Å². The number of nitrogens with zero attached hydrogens (tertiary/aromatic N) is 1. The first-order valence-corrected chi connectivity index (χ1v) is 11.8. The summed E-state index contributed by atoms with van der Waals surface area (Å²) in [6.45, 7) is 9.46. The van der Waals surface area contributed by atoms with Gasteiger partial charge in [0.2, 0.25) is 15.9 Å². The van der Waals surface area contributed by atoms with E-state index in [1.54, 1.807) is 12.1 Å². The molecule has 2 aromatic rings. The molecule has 0 saturated heterocycles. The van der Waals surface area contributed by atoms with E-state index in [-0.39, 0.29) is 18.5 Å². The SMILES string of the molecule is Cc1ccc2c(c1)[C@@H](NC(=O)CN(c1cccc(C)c1C)S(C)(=O)=O)CC(C)(C)O2. The van der Waals surface area contributed by atoms with Crippen LogP contribution in [0.5, 0.6) is 5.75 Å². The molecule has 0 fully saturated rings.